The molecule has 2 atom stereocenters. The predicted molar refractivity (Wildman–Crippen MR) is 154 cm³/mol. The van der Waals surface area contributed by atoms with Gasteiger partial charge in [-0.15, -0.1) is 11.3 Å². The molecule has 3 heterocycles. The molecule has 6 nitrogen and oxygen atoms in total. The molecule has 2 aromatic heterocycles. The Morgan fingerprint density at radius 1 is 1.11 bits per heavy atom. The van der Waals surface area contributed by atoms with Gasteiger partial charge >= 0.3 is 0 Å². The van der Waals surface area contributed by atoms with Crippen LogP contribution in [0, 0.1) is 13.8 Å². The summed E-state index contributed by atoms with van der Waals surface area (Å²) in [7, 11) is -2.05. The van der Waals surface area contributed by atoms with Crippen molar-refractivity contribution in [2.75, 3.05) is 0 Å². The minimum absolute atomic E-state index is 0.0761. The Hall–Kier alpha value is -2.20. The van der Waals surface area contributed by atoms with Crippen LogP contribution in [0.3, 0.4) is 0 Å². The molecular weight excluding hydrogens is 521 g/mol. The van der Waals surface area contributed by atoms with Crippen LogP contribution in [0.5, 0.6) is 0 Å². The number of oxazole rings is 1. The SMILES string of the molecule is Cc1ccc(-c2nc(CCC(O[Si](C)(C)C(C)(C)C)c3ccc(CC4SC(=O)NC4=O)s3)c(C)o2)cc1. The number of hydrogen-bond donors (Lipinski definition) is 1. The summed E-state index contributed by atoms with van der Waals surface area (Å²) in [5, 5.41) is 1.83. The second-order valence-corrected chi connectivity index (χ2v) is 18.3. The Bertz CT molecular complexity index is 1270. The van der Waals surface area contributed by atoms with Gasteiger partial charge in [-0.05, 0) is 69.1 Å². The van der Waals surface area contributed by atoms with Crippen LogP contribution >= 0.6 is 23.1 Å². The lowest BCUT2D eigenvalue weighted by atomic mass is 10.1. The van der Waals surface area contributed by atoms with Crippen LogP contribution in [0.2, 0.25) is 18.1 Å². The molecule has 0 spiro atoms. The van der Waals surface area contributed by atoms with E-state index in [0.717, 1.165) is 51.4 Å². The van der Waals surface area contributed by atoms with Crippen molar-refractivity contribution in [2.24, 2.45) is 0 Å². The van der Waals surface area contributed by atoms with Gasteiger partial charge in [0.05, 0.1) is 17.0 Å². The van der Waals surface area contributed by atoms with Gasteiger partial charge in [-0.1, -0.05) is 50.2 Å². The van der Waals surface area contributed by atoms with Gasteiger partial charge in [-0.2, -0.15) is 0 Å². The summed E-state index contributed by atoms with van der Waals surface area (Å²) < 4.78 is 13.0. The summed E-state index contributed by atoms with van der Waals surface area (Å²) in [5.74, 6) is 1.28. The number of thiophene rings is 1. The first-order valence-electron chi connectivity index (χ1n) is 12.6. The van der Waals surface area contributed by atoms with Crippen molar-refractivity contribution in [2.45, 2.75) is 83.4 Å². The molecule has 2 unspecified atom stereocenters. The van der Waals surface area contributed by atoms with Crippen LogP contribution in [0.15, 0.2) is 40.8 Å². The van der Waals surface area contributed by atoms with Crippen molar-refractivity contribution in [1.29, 1.82) is 0 Å². The van der Waals surface area contributed by atoms with E-state index in [0.29, 0.717) is 12.3 Å². The van der Waals surface area contributed by atoms with E-state index >= 15 is 0 Å². The molecule has 1 fully saturated rings. The van der Waals surface area contributed by atoms with E-state index in [4.69, 9.17) is 13.8 Å². The summed E-state index contributed by atoms with van der Waals surface area (Å²) >= 11 is 2.75. The molecular formula is C28H36N2O4S2Si. The van der Waals surface area contributed by atoms with Crippen molar-refractivity contribution in [3.63, 3.8) is 0 Å². The van der Waals surface area contributed by atoms with Gasteiger partial charge in [0.15, 0.2) is 8.32 Å². The van der Waals surface area contributed by atoms with E-state index in [9.17, 15) is 9.59 Å². The summed E-state index contributed by atoms with van der Waals surface area (Å²) in [6.07, 6.45) is 1.99. The van der Waals surface area contributed by atoms with E-state index in [1.54, 1.807) is 11.3 Å². The number of thioether (sulfide) groups is 1. The Balaban J connectivity index is 1.53. The van der Waals surface area contributed by atoms with Crippen LogP contribution in [-0.4, -0.2) is 29.7 Å². The maximum absolute atomic E-state index is 12.1. The lowest BCUT2D eigenvalue weighted by molar-refractivity contribution is -0.118. The smallest absolute Gasteiger partial charge is 0.286 e. The van der Waals surface area contributed by atoms with E-state index in [1.807, 2.05) is 19.1 Å². The fraction of sp³-hybridized carbons (Fsp3) is 0.464. The van der Waals surface area contributed by atoms with Crippen LogP contribution < -0.4 is 5.32 Å². The number of aromatic nitrogens is 1. The van der Waals surface area contributed by atoms with Gasteiger partial charge in [-0.3, -0.25) is 14.9 Å². The highest BCUT2D eigenvalue weighted by atomic mass is 32.2. The van der Waals surface area contributed by atoms with Gasteiger partial charge in [0.1, 0.15) is 5.76 Å². The number of aryl methyl sites for hydroxylation is 3. The molecule has 4 rings (SSSR count). The van der Waals surface area contributed by atoms with Crippen molar-refractivity contribution < 1.29 is 18.4 Å². The number of nitrogens with zero attached hydrogens (tertiary/aromatic N) is 1. The number of benzene rings is 1. The number of imide groups is 1. The minimum atomic E-state index is -2.05. The number of nitrogens with one attached hydrogen (secondary N) is 1. The first kappa shape index (κ1) is 27.8. The number of amides is 2. The highest BCUT2D eigenvalue weighted by Gasteiger charge is 2.40. The quantitative estimate of drug-likeness (QED) is 0.273. The Labute approximate surface area is 228 Å². The second kappa shape index (κ2) is 10.9. The fourth-order valence-electron chi connectivity index (χ4n) is 3.93. The monoisotopic (exact) mass is 556 g/mol. The molecule has 1 N–H and O–H groups in total. The molecule has 0 radical (unpaired) electrons. The van der Waals surface area contributed by atoms with Crippen LogP contribution in [0.25, 0.3) is 11.5 Å². The molecule has 0 aliphatic carbocycles. The van der Waals surface area contributed by atoms with E-state index < -0.39 is 8.32 Å². The third kappa shape index (κ3) is 6.63. The summed E-state index contributed by atoms with van der Waals surface area (Å²) in [6.45, 7) is 15.3. The maximum atomic E-state index is 12.1. The van der Waals surface area contributed by atoms with Crippen LogP contribution in [-0.2, 0) is 22.1 Å². The molecule has 2 amide bonds. The molecule has 9 heteroatoms. The molecule has 0 bridgehead atoms. The van der Waals surface area contributed by atoms with Crippen molar-refractivity contribution in [1.82, 2.24) is 10.3 Å². The average molecular weight is 557 g/mol. The predicted octanol–water partition coefficient (Wildman–Crippen LogP) is 7.61. The number of rotatable bonds is 9. The van der Waals surface area contributed by atoms with Crippen molar-refractivity contribution >= 4 is 42.6 Å². The summed E-state index contributed by atoms with van der Waals surface area (Å²) in [5.41, 5.74) is 3.13. The Kier molecular flexibility index (Phi) is 8.18. The zero-order chi connectivity index (χ0) is 27.0. The highest BCUT2D eigenvalue weighted by molar-refractivity contribution is 8.15. The number of carbonyl (C=O) groups is 2. The Morgan fingerprint density at radius 3 is 2.43 bits per heavy atom. The zero-order valence-electron chi connectivity index (χ0n) is 22.6. The Morgan fingerprint density at radius 2 is 1.81 bits per heavy atom. The van der Waals surface area contributed by atoms with Gasteiger partial charge in [-0.25, -0.2) is 4.98 Å². The first-order valence-corrected chi connectivity index (χ1v) is 17.2. The maximum Gasteiger partial charge on any atom is 0.286 e. The second-order valence-electron chi connectivity index (χ2n) is 11.2. The third-order valence-corrected chi connectivity index (χ3v) is 13.9. The highest BCUT2D eigenvalue weighted by Crippen LogP contribution is 2.42. The average Bonchev–Trinajstić information content (AvgIpc) is 3.50. The van der Waals surface area contributed by atoms with E-state index in [1.165, 1.54) is 5.56 Å². The molecule has 1 aliphatic rings. The standard InChI is InChI=1S/C28H36N2O4S2Si/c1-17-8-10-19(11-9-17)26-29-21(18(2)33-26)13-14-22(34-37(6,7)28(3,4)5)23-15-12-20(35-23)16-24-25(31)30-27(32)36-24/h8-12,15,22,24H,13-14,16H2,1-7H3,(H,30,31,32). The first-order chi connectivity index (χ1) is 17.3. The molecule has 0 saturated carbocycles. The topological polar surface area (TPSA) is 81.4 Å². The van der Waals surface area contributed by atoms with Crippen LogP contribution in [0.4, 0.5) is 4.79 Å². The van der Waals surface area contributed by atoms with E-state index in [2.05, 4.69) is 70.4 Å². The van der Waals surface area contributed by atoms with E-state index in [-0.39, 0.29) is 27.5 Å². The lowest BCUT2D eigenvalue weighted by Crippen LogP contribution is -2.41. The molecule has 37 heavy (non-hydrogen) atoms. The van der Waals surface area contributed by atoms with Crippen LogP contribution in [0.1, 0.15) is 60.1 Å². The largest absolute Gasteiger partial charge is 0.441 e. The normalized spacial score (nSPS) is 17.3. The van der Waals surface area contributed by atoms with Crippen molar-refractivity contribution in [3.8, 4) is 11.5 Å². The summed E-state index contributed by atoms with van der Waals surface area (Å²) in [4.78, 5) is 30.7. The summed E-state index contributed by atoms with van der Waals surface area (Å²) in [6, 6.07) is 12.4. The van der Waals surface area contributed by atoms with Crippen molar-refractivity contribution in [3.05, 3.63) is 63.2 Å². The fourth-order valence-corrected chi connectivity index (χ4v) is 7.40. The van der Waals surface area contributed by atoms with Gasteiger partial charge < -0.3 is 8.84 Å². The zero-order valence-corrected chi connectivity index (χ0v) is 25.3. The number of carbonyl (C=O) groups excluding carboxylic acids is 2. The van der Waals surface area contributed by atoms with Gasteiger partial charge in [0, 0.05) is 21.7 Å². The third-order valence-electron chi connectivity index (χ3n) is 7.23. The van der Waals surface area contributed by atoms with Gasteiger partial charge in [0.2, 0.25) is 11.8 Å². The van der Waals surface area contributed by atoms with Gasteiger partial charge in [0.25, 0.3) is 5.24 Å². The molecule has 1 aliphatic heterocycles. The molecule has 1 saturated heterocycles. The molecule has 3 aromatic rings. The molecule has 1 aromatic carbocycles. The molecule has 198 valence electrons. The lowest BCUT2D eigenvalue weighted by Gasteiger charge is -2.39. The number of hydrogen-bond acceptors (Lipinski definition) is 7. The minimum Gasteiger partial charge on any atom is -0.441 e.